The van der Waals surface area contributed by atoms with Gasteiger partial charge in [0.05, 0.1) is 0 Å². The smallest absolute Gasteiger partial charge is 0.303 e. The van der Waals surface area contributed by atoms with E-state index in [2.05, 4.69) is 79.8 Å². The first-order chi connectivity index (χ1) is 13.8. The molecule has 0 aliphatic carbocycles. The summed E-state index contributed by atoms with van der Waals surface area (Å²) in [7, 11) is 0. The number of carboxylic acids is 1. The fourth-order valence-corrected chi connectivity index (χ4v) is 2.53. The summed E-state index contributed by atoms with van der Waals surface area (Å²) in [6.45, 7) is 2.16. The van der Waals surface area contributed by atoms with Gasteiger partial charge >= 0.3 is 5.97 Å². The van der Waals surface area contributed by atoms with E-state index in [9.17, 15) is 4.79 Å². The summed E-state index contributed by atoms with van der Waals surface area (Å²) in [5.41, 5.74) is 0. The van der Waals surface area contributed by atoms with Gasteiger partial charge in [-0.15, -0.1) is 0 Å². The molecule has 0 aromatic rings. The number of carboxylic acid groups (broad SMARTS) is 1. The molecule has 0 amide bonds. The molecule has 0 spiro atoms. The van der Waals surface area contributed by atoms with Crippen molar-refractivity contribution in [1.82, 2.24) is 0 Å². The minimum absolute atomic E-state index is 0.305. The number of hydrogen-bond acceptors (Lipinski definition) is 1. The van der Waals surface area contributed by atoms with Crippen LogP contribution in [0.4, 0.5) is 0 Å². The van der Waals surface area contributed by atoms with Crippen LogP contribution in [0.5, 0.6) is 0 Å². The minimum atomic E-state index is -0.683. The molecule has 0 radical (unpaired) electrons. The molecule has 0 heterocycles. The van der Waals surface area contributed by atoms with Crippen molar-refractivity contribution < 1.29 is 9.90 Å². The summed E-state index contributed by atoms with van der Waals surface area (Å²) in [6, 6.07) is 0. The summed E-state index contributed by atoms with van der Waals surface area (Å²) in [4.78, 5) is 10.4. The van der Waals surface area contributed by atoms with E-state index in [-0.39, 0.29) is 0 Å². The molecular formula is C26H40O2. The van der Waals surface area contributed by atoms with Crippen LogP contribution in [0.15, 0.2) is 72.9 Å². The lowest BCUT2D eigenvalue weighted by atomic mass is 10.1. The second kappa shape index (κ2) is 23.0. The van der Waals surface area contributed by atoms with Crippen molar-refractivity contribution in [3.63, 3.8) is 0 Å². The lowest BCUT2D eigenvalue weighted by Gasteiger charge is -1.96. The van der Waals surface area contributed by atoms with Crippen LogP contribution < -0.4 is 0 Å². The molecule has 2 nitrogen and oxygen atoms in total. The lowest BCUT2D eigenvalue weighted by Crippen LogP contribution is -1.93. The van der Waals surface area contributed by atoms with Crippen LogP contribution in [0.2, 0.25) is 0 Å². The van der Waals surface area contributed by atoms with Gasteiger partial charge in [0.15, 0.2) is 0 Å². The molecule has 0 aromatic carbocycles. The summed E-state index contributed by atoms with van der Waals surface area (Å²) in [5.74, 6) is -0.683. The van der Waals surface area contributed by atoms with E-state index in [4.69, 9.17) is 5.11 Å². The van der Waals surface area contributed by atoms with Crippen LogP contribution in [0.25, 0.3) is 0 Å². The molecular weight excluding hydrogens is 344 g/mol. The van der Waals surface area contributed by atoms with Crippen molar-refractivity contribution in [2.24, 2.45) is 0 Å². The van der Waals surface area contributed by atoms with E-state index >= 15 is 0 Å². The fourth-order valence-electron chi connectivity index (χ4n) is 2.53. The Kier molecular flexibility index (Phi) is 21.2. The molecule has 0 aromatic heterocycles. The topological polar surface area (TPSA) is 37.3 Å². The molecule has 0 unspecified atom stereocenters. The van der Waals surface area contributed by atoms with Gasteiger partial charge < -0.3 is 5.11 Å². The highest BCUT2D eigenvalue weighted by Crippen LogP contribution is 2.06. The zero-order valence-electron chi connectivity index (χ0n) is 17.8. The Morgan fingerprint density at radius 1 is 0.571 bits per heavy atom. The van der Waals surface area contributed by atoms with E-state index in [1.54, 1.807) is 0 Å². The zero-order chi connectivity index (χ0) is 20.5. The predicted octanol–water partition coefficient (Wildman–Crippen LogP) is 8.11. The maximum Gasteiger partial charge on any atom is 0.303 e. The maximum atomic E-state index is 10.4. The molecule has 28 heavy (non-hydrogen) atoms. The van der Waals surface area contributed by atoms with Crippen molar-refractivity contribution in [3.8, 4) is 0 Å². The molecule has 156 valence electrons. The van der Waals surface area contributed by atoms with Gasteiger partial charge in [0.25, 0.3) is 0 Å². The number of allylic oxidation sites excluding steroid dienone is 12. The van der Waals surface area contributed by atoms with Crippen LogP contribution in [0.1, 0.15) is 84.0 Å². The maximum absolute atomic E-state index is 10.4. The number of carbonyl (C=O) groups is 1. The summed E-state index contributed by atoms with van der Waals surface area (Å²) in [6.07, 6.45) is 38.3. The molecule has 2 heteroatoms. The summed E-state index contributed by atoms with van der Waals surface area (Å²) in [5, 5.41) is 8.56. The minimum Gasteiger partial charge on any atom is -0.481 e. The van der Waals surface area contributed by atoms with Crippen molar-refractivity contribution in [2.45, 2.75) is 84.0 Å². The molecule has 0 atom stereocenters. The molecule has 0 aliphatic heterocycles. The average Bonchev–Trinajstić information content (AvgIpc) is 2.68. The van der Waals surface area contributed by atoms with Crippen LogP contribution in [-0.4, -0.2) is 11.1 Å². The second-order valence-corrected chi connectivity index (χ2v) is 6.76. The molecule has 0 bridgehead atoms. The first kappa shape index (κ1) is 25.9. The van der Waals surface area contributed by atoms with Crippen LogP contribution >= 0.6 is 0 Å². The highest BCUT2D eigenvalue weighted by Gasteiger charge is 1.95. The van der Waals surface area contributed by atoms with Gasteiger partial charge in [-0.2, -0.15) is 0 Å². The Balaban J connectivity index is 3.45. The Bertz CT molecular complexity index is 519. The van der Waals surface area contributed by atoms with Gasteiger partial charge in [-0.1, -0.05) is 92.7 Å². The quantitative estimate of drug-likeness (QED) is 0.191. The molecule has 0 saturated heterocycles. The summed E-state index contributed by atoms with van der Waals surface area (Å²) < 4.78 is 0. The zero-order valence-corrected chi connectivity index (χ0v) is 17.8. The van der Waals surface area contributed by atoms with Crippen molar-refractivity contribution in [2.75, 3.05) is 0 Å². The summed E-state index contributed by atoms with van der Waals surface area (Å²) >= 11 is 0. The van der Waals surface area contributed by atoms with E-state index in [0.29, 0.717) is 6.42 Å². The first-order valence-electron chi connectivity index (χ1n) is 10.9. The molecule has 0 saturated carbocycles. The fraction of sp³-hybridized carbons (Fsp3) is 0.500. The molecule has 0 aliphatic rings. The van der Waals surface area contributed by atoms with Crippen LogP contribution in [-0.2, 0) is 4.79 Å². The van der Waals surface area contributed by atoms with Gasteiger partial charge in [-0.3, -0.25) is 4.79 Å². The van der Waals surface area contributed by atoms with Crippen molar-refractivity contribution >= 4 is 5.97 Å². The van der Waals surface area contributed by atoms with Crippen LogP contribution in [0, 0.1) is 0 Å². The van der Waals surface area contributed by atoms with Crippen molar-refractivity contribution in [1.29, 1.82) is 0 Å². The third-order valence-electron chi connectivity index (χ3n) is 4.11. The Morgan fingerprint density at radius 3 is 1.39 bits per heavy atom. The number of unbranched alkanes of at least 4 members (excludes halogenated alkanes) is 4. The largest absolute Gasteiger partial charge is 0.481 e. The van der Waals surface area contributed by atoms with Crippen molar-refractivity contribution in [3.05, 3.63) is 72.9 Å². The lowest BCUT2D eigenvalue weighted by molar-refractivity contribution is -0.137. The number of hydrogen-bond donors (Lipinski definition) is 1. The standard InChI is InChI=1S/C26H40O2/c1-2-3-4-5-6-7-8-9-10-11-12-13-14-15-16-17-18-19-20-21-22-23-24-25-26(27)28/h3-4,6-7,9-10,12-13,15-16,18-19H,2,5,8,11,14,17,20-25H2,1H3,(H,27,28)/b4-3-,7-6-,10-9-,13-12-,16-15-,19-18-. The Morgan fingerprint density at radius 2 is 0.964 bits per heavy atom. The third kappa shape index (κ3) is 23.9. The monoisotopic (exact) mass is 384 g/mol. The molecule has 0 fully saturated rings. The normalized spacial score (nSPS) is 12.9. The van der Waals surface area contributed by atoms with E-state index in [1.165, 1.54) is 0 Å². The molecule has 1 N–H and O–H groups in total. The van der Waals surface area contributed by atoms with Crippen LogP contribution in [0.3, 0.4) is 0 Å². The van der Waals surface area contributed by atoms with Gasteiger partial charge in [0, 0.05) is 6.42 Å². The highest BCUT2D eigenvalue weighted by atomic mass is 16.4. The second-order valence-electron chi connectivity index (χ2n) is 6.76. The predicted molar refractivity (Wildman–Crippen MR) is 124 cm³/mol. The average molecular weight is 385 g/mol. The third-order valence-corrected chi connectivity index (χ3v) is 4.11. The number of aliphatic carboxylic acids is 1. The molecule has 0 rings (SSSR count). The van der Waals surface area contributed by atoms with Gasteiger partial charge in [-0.05, 0) is 57.8 Å². The highest BCUT2D eigenvalue weighted by molar-refractivity contribution is 5.66. The van der Waals surface area contributed by atoms with Gasteiger partial charge in [0.2, 0.25) is 0 Å². The SMILES string of the molecule is CC/C=C\C/C=C\C/C=C\C/C=C\C/C=C\C/C=C\CCCCCCC(=O)O. The van der Waals surface area contributed by atoms with E-state index in [0.717, 1.165) is 70.6 Å². The first-order valence-corrected chi connectivity index (χ1v) is 10.9. The van der Waals surface area contributed by atoms with Gasteiger partial charge in [-0.25, -0.2) is 0 Å². The van der Waals surface area contributed by atoms with Gasteiger partial charge in [0.1, 0.15) is 0 Å². The van der Waals surface area contributed by atoms with E-state index in [1.807, 2.05) is 0 Å². The van der Waals surface area contributed by atoms with E-state index < -0.39 is 5.97 Å². The Labute approximate surface area is 173 Å². The Hall–Kier alpha value is -2.09. The number of rotatable bonds is 18.